The molecule has 0 spiro atoms. The third kappa shape index (κ3) is 2.63. The molecule has 0 amide bonds. The van der Waals surface area contributed by atoms with Gasteiger partial charge in [0.25, 0.3) is 0 Å². The molecule has 0 fully saturated rings. The highest BCUT2D eigenvalue weighted by Gasteiger charge is 2.19. The first kappa shape index (κ1) is 12.8. The maximum absolute atomic E-state index is 12.3. The van der Waals surface area contributed by atoms with E-state index in [1.807, 2.05) is 43.3 Å². The molecule has 88 valence electrons. The first-order valence-electron chi connectivity index (χ1n) is 5.92. The fourth-order valence-electron chi connectivity index (χ4n) is 1.95. The van der Waals surface area contributed by atoms with Crippen LogP contribution in [0, 0.1) is 5.92 Å². The van der Waals surface area contributed by atoms with Gasteiger partial charge < -0.3 is 4.90 Å². The molecule has 16 heavy (non-hydrogen) atoms. The van der Waals surface area contributed by atoms with Gasteiger partial charge in [0.05, 0.1) is 0 Å². The maximum atomic E-state index is 12.3. The number of carbonyl (C=O) groups is 1. The third-order valence-corrected chi connectivity index (χ3v) is 3.01. The summed E-state index contributed by atoms with van der Waals surface area (Å²) in [6.45, 7) is 4.15. The van der Waals surface area contributed by atoms with E-state index < -0.39 is 0 Å². The summed E-state index contributed by atoms with van der Waals surface area (Å²) in [7, 11) is 3.94. The molecule has 0 aliphatic carbocycles. The van der Waals surface area contributed by atoms with Crippen LogP contribution in [-0.2, 0) is 0 Å². The van der Waals surface area contributed by atoms with Crippen molar-refractivity contribution in [2.45, 2.75) is 26.7 Å². The Morgan fingerprint density at radius 2 is 1.75 bits per heavy atom. The molecule has 1 rings (SSSR count). The third-order valence-electron chi connectivity index (χ3n) is 3.01. The van der Waals surface area contributed by atoms with Gasteiger partial charge in [-0.3, -0.25) is 4.79 Å². The zero-order chi connectivity index (χ0) is 12.1. The second-order valence-electron chi connectivity index (χ2n) is 4.29. The van der Waals surface area contributed by atoms with Gasteiger partial charge in [-0.05, 0) is 25.0 Å². The van der Waals surface area contributed by atoms with E-state index in [1.165, 1.54) is 0 Å². The molecule has 0 saturated heterocycles. The molecule has 0 saturated carbocycles. The summed E-state index contributed by atoms with van der Waals surface area (Å²) in [6.07, 6.45) is 1.83. The molecule has 1 aromatic carbocycles. The Morgan fingerprint density at radius 3 is 2.25 bits per heavy atom. The lowest BCUT2D eigenvalue weighted by Gasteiger charge is -2.19. The predicted octanol–water partition coefficient (Wildman–Crippen LogP) is 3.37. The molecule has 2 heteroatoms. The number of benzene rings is 1. The number of para-hydroxylation sites is 1. The van der Waals surface area contributed by atoms with Gasteiger partial charge in [0.2, 0.25) is 0 Å². The molecular formula is C14H21NO. The standard InChI is InChI=1S/C14H21NO/c1-5-11(6-2)14(16)12-9-7-8-10-13(12)15(3)4/h7-11H,5-6H2,1-4H3. The summed E-state index contributed by atoms with van der Waals surface area (Å²) >= 11 is 0. The van der Waals surface area contributed by atoms with E-state index in [9.17, 15) is 4.79 Å². The van der Waals surface area contributed by atoms with Gasteiger partial charge in [-0.15, -0.1) is 0 Å². The largest absolute Gasteiger partial charge is 0.377 e. The zero-order valence-electron chi connectivity index (χ0n) is 10.7. The van der Waals surface area contributed by atoms with Gasteiger partial charge in [-0.1, -0.05) is 26.0 Å². The Kier molecular flexibility index (Phi) is 4.53. The second-order valence-corrected chi connectivity index (χ2v) is 4.29. The first-order valence-corrected chi connectivity index (χ1v) is 5.92. The van der Waals surface area contributed by atoms with Gasteiger partial charge in [-0.2, -0.15) is 0 Å². The van der Waals surface area contributed by atoms with E-state index in [4.69, 9.17) is 0 Å². The first-order chi connectivity index (χ1) is 7.61. The Morgan fingerprint density at radius 1 is 1.19 bits per heavy atom. The van der Waals surface area contributed by atoms with E-state index in [0.717, 1.165) is 24.1 Å². The molecule has 2 nitrogen and oxygen atoms in total. The minimum absolute atomic E-state index is 0.154. The van der Waals surface area contributed by atoms with Gasteiger partial charge in [-0.25, -0.2) is 0 Å². The molecule has 0 atom stereocenters. The van der Waals surface area contributed by atoms with Crippen molar-refractivity contribution in [3.05, 3.63) is 29.8 Å². The fraction of sp³-hybridized carbons (Fsp3) is 0.500. The molecule has 1 aromatic rings. The summed E-state index contributed by atoms with van der Waals surface area (Å²) in [5, 5.41) is 0. The lowest BCUT2D eigenvalue weighted by molar-refractivity contribution is 0.0914. The molecular weight excluding hydrogens is 198 g/mol. The number of ketones is 1. The SMILES string of the molecule is CCC(CC)C(=O)c1ccccc1N(C)C. The van der Waals surface area contributed by atoms with E-state index in [0.29, 0.717) is 0 Å². The number of rotatable bonds is 5. The molecule has 0 heterocycles. The summed E-state index contributed by atoms with van der Waals surface area (Å²) in [4.78, 5) is 14.3. The average molecular weight is 219 g/mol. The van der Waals surface area contributed by atoms with Gasteiger partial charge in [0.15, 0.2) is 5.78 Å². The van der Waals surface area contributed by atoms with Crippen LogP contribution in [0.3, 0.4) is 0 Å². The van der Waals surface area contributed by atoms with Crippen LogP contribution < -0.4 is 4.90 Å². The fourth-order valence-corrected chi connectivity index (χ4v) is 1.95. The molecule has 0 aromatic heterocycles. The highest BCUT2D eigenvalue weighted by molar-refractivity contribution is 6.02. The maximum Gasteiger partial charge on any atom is 0.168 e. The van der Waals surface area contributed by atoms with Crippen LogP contribution in [0.25, 0.3) is 0 Å². The summed E-state index contributed by atoms with van der Waals surface area (Å²) < 4.78 is 0. The molecule has 0 N–H and O–H groups in total. The van der Waals surface area contributed by atoms with Gasteiger partial charge in [0.1, 0.15) is 0 Å². The normalized spacial score (nSPS) is 10.6. The monoisotopic (exact) mass is 219 g/mol. The van der Waals surface area contributed by atoms with Gasteiger partial charge in [0, 0.05) is 31.3 Å². The van der Waals surface area contributed by atoms with E-state index in [2.05, 4.69) is 13.8 Å². The Bertz CT molecular complexity index is 354. The smallest absolute Gasteiger partial charge is 0.168 e. The van der Waals surface area contributed by atoms with Crippen LogP contribution in [0.2, 0.25) is 0 Å². The van der Waals surface area contributed by atoms with Crippen molar-refractivity contribution >= 4 is 11.5 Å². The molecule has 0 unspecified atom stereocenters. The Balaban J connectivity index is 3.07. The zero-order valence-corrected chi connectivity index (χ0v) is 10.7. The predicted molar refractivity (Wildman–Crippen MR) is 69.2 cm³/mol. The molecule has 0 aliphatic heterocycles. The lowest BCUT2D eigenvalue weighted by Crippen LogP contribution is -2.18. The van der Waals surface area contributed by atoms with Gasteiger partial charge >= 0.3 is 0 Å². The summed E-state index contributed by atoms with van der Waals surface area (Å²) in [5.74, 6) is 0.426. The minimum atomic E-state index is 0.154. The van der Waals surface area contributed by atoms with E-state index in [-0.39, 0.29) is 11.7 Å². The number of hydrogen-bond acceptors (Lipinski definition) is 2. The van der Waals surface area contributed by atoms with E-state index in [1.54, 1.807) is 0 Å². The number of carbonyl (C=O) groups excluding carboxylic acids is 1. The van der Waals surface area contributed by atoms with Crippen LogP contribution in [0.1, 0.15) is 37.0 Å². The Hall–Kier alpha value is -1.31. The second kappa shape index (κ2) is 5.69. The van der Waals surface area contributed by atoms with Crippen molar-refractivity contribution in [1.29, 1.82) is 0 Å². The van der Waals surface area contributed by atoms with Crippen molar-refractivity contribution in [1.82, 2.24) is 0 Å². The van der Waals surface area contributed by atoms with Crippen molar-refractivity contribution in [3.8, 4) is 0 Å². The van der Waals surface area contributed by atoms with Crippen molar-refractivity contribution < 1.29 is 4.79 Å². The van der Waals surface area contributed by atoms with Crippen molar-refractivity contribution in [2.75, 3.05) is 19.0 Å². The molecule has 0 bridgehead atoms. The number of anilines is 1. The van der Waals surface area contributed by atoms with Crippen LogP contribution in [0.15, 0.2) is 24.3 Å². The molecule has 0 radical (unpaired) electrons. The minimum Gasteiger partial charge on any atom is -0.377 e. The quantitative estimate of drug-likeness (QED) is 0.708. The highest BCUT2D eigenvalue weighted by atomic mass is 16.1. The van der Waals surface area contributed by atoms with Crippen LogP contribution >= 0.6 is 0 Å². The summed E-state index contributed by atoms with van der Waals surface area (Å²) in [6, 6.07) is 7.83. The van der Waals surface area contributed by atoms with Crippen molar-refractivity contribution in [3.63, 3.8) is 0 Å². The van der Waals surface area contributed by atoms with Crippen LogP contribution in [-0.4, -0.2) is 19.9 Å². The highest BCUT2D eigenvalue weighted by Crippen LogP contribution is 2.23. The topological polar surface area (TPSA) is 20.3 Å². The summed E-state index contributed by atoms with van der Waals surface area (Å²) in [5.41, 5.74) is 1.86. The van der Waals surface area contributed by atoms with Crippen LogP contribution in [0.5, 0.6) is 0 Å². The number of Topliss-reactive ketones (excluding diaryl/α,β-unsaturated/α-hetero) is 1. The van der Waals surface area contributed by atoms with E-state index >= 15 is 0 Å². The lowest BCUT2D eigenvalue weighted by atomic mass is 9.92. The average Bonchev–Trinajstić information content (AvgIpc) is 2.30. The number of hydrogen-bond donors (Lipinski definition) is 0. The molecule has 0 aliphatic rings. The van der Waals surface area contributed by atoms with Crippen LogP contribution in [0.4, 0.5) is 5.69 Å². The number of nitrogens with zero attached hydrogens (tertiary/aromatic N) is 1. The van der Waals surface area contributed by atoms with Crippen molar-refractivity contribution in [2.24, 2.45) is 5.92 Å². The Labute approximate surface area is 98.3 Å².